The fourth-order valence-corrected chi connectivity index (χ4v) is 3.65. The molecule has 1 amide bonds. The summed E-state index contributed by atoms with van der Waals surface area (Å²) in [6.07, 6.45) is 0. The normalized spacial score (nSPS) is 11.0. The van der Waals surface area contributed by atoms with Crippen molar-refractivity contribution in [1.82, 2.24) is 4.72 Å². The number of hydrogen-bond acceptors (Lipinski definition) is 5. The van der Waals surface area contributed by atoms with Crippen LogP contribution in [0.2, 0.25) is 0 Å². The predicted molar refractivity (Wildman–Crippen MR) is 114 cm³/mol. The van der Waals surface area contributed by atoms with Gasteiger partial charge in [-0.15, -0.1) is 0 Å². The zero-order valence-corrected chi connectivity index (χ0v) is 17.1. The number of aliphatic carboxylic acids is 1. The summed E-state index contributed by atoms with van der Waals surface area (Å²) in [6.45, 7) is -0.415. The molecule has 0 heterocycles. The summed E-state index contributed by atoms with van der Waals surface area (Å²) < 4.78 is 31.9. The fraction of sp³-hybridized carbons (Fsp3) is 0.0909. The average molecular weight is 440 g/mol. The van der Waals surface area contributed by atoms with Crippen LogP contribution in [0.1, 0.15) is 15.9 Å². The standard InChI is InChI=1S/C22H20N2O6S/c25-21(26)14-23-31(28,29)18-12-10-17(11-13-18)24-22(27)19-8-4-5-9-20(19)30-15-16-6-2-1-3-7-16/h1-13,23H,14-15H2,(H,24,27)(H,25,26). The number of ether oxygens (including phenoxy) is 1. The van der Waals surface area contributed by atoms with Crippen LogP contribution in [-0.2, 0) is 21.4 Å². The van der Waals surface area contributed by atoms with Crippen molar-refractivity contribution in [2.24, 2.45) is 0 Å². The molecule has 3 aromatic carbocycles. The minimum absolute atomic E-state index is 0.113. The molecular weight excluding hydrogens is 420 g/mol. The van der Waals surface area contributed by atoms with E-state index in [4.69, 9.17) is 9.84 Å². The van der Waals surface area contributed by atoms with Crippen LogP contribution in [-0.4, -0.2) is 31.9 Å². The van der Waals surface area contributed by atoms with E-state index >= 15 is 0 Å². The van der Waals surface area contributed by atoms with Crippen molar-refractivity contribution in [3.05, 3.63) is 90.0 Å². The van der Waals surface area contributed by atoms with Gasteiger partial charge in [0.05, 0.1) is 10.5 Å². The maximum Gasteiger partial charge on any atom is 0.318 e. The third kappa shape index (κ3) is 6.14. The van der Waals surface area contributed by atoms with E-state index in [1.807, 2.05) is 35.1 Å². The molecule has 31 heavy (non-hydrogen) atoms. The van der Waals surface area contributed by atoms with Gasteiger partial charge in [-0.3, -0.25) is 9.59 Å². The van der Waals surface area contributed by atoms with Gasteiger partial charge in [-0.2, -0.15) is 4.72 Å². The predicted octanol–water partition coefficient (Wildman–Crippen LogP) is 2.88. The van der Waals surface area contributed by atoms with E-state index in [9.17, 15) is 18.0 Å². The van der Waals surface area contributed by atoms with E-state index in [1.54, 1.807) is 24.3 Å². The first kappa shape index (κ1) is 22.0. The first-order valence-electron chi connectivity index (χ1n) is 9.24. The molecule has 0 spiro atoms. The molecule has 3 aromatic rings. The maximum atomic E-state index is 12.7. The monoisotopic (exact) mass is 440 g/mol. The highest BCUT2D eigenvalue weighted by Gasteiger charge is 2.16. The molecule has 0 atom stereocenters. The van der Waals surface area contributed by atoms with Crippen molar-refractivity contribution in [3.8, 4) is 5.75 Å². The topological polar surface area (TPSA) is 122 Å². The minimum Gasteiger partial charge on any atom is -0.488 e. The molecule has 0 aliphatic rings. The molecule has 160 valence electrons. The number of anilines is 1. The summed E-state index contributed by atoms with van der Waals surface area (Å²) in [7, 11) is -3.96. The Kier molecular flexibility index (Phi) is 7.01. The zero-order valence-electron chi connectivity index (χ0n) is 16.3. The van der Waals surface area contributed by atoms with Crippen molar-refractivity contribution >= 4 is 27.6 Å². The molecule has 0 saturated heterocycles. The number of hydrogen-bond donors (Lipinski definition) is 3. The lowest BCUT2D eigenvalue weighted by Gasteiger charge is -2.12. The third-order valence-electron chi connectivity index (χ3n) is 4.20. The van der Waals surface area contributed by atoms with Crippen molar-refractivity contribution in [3.63, 3.8) is 0 Å². The van der Waals surface area contributed by atoms with Crippen LogP contribution >= 0.6 is 0 Å². The summed E-state index contributed by atoms with van der Waals surface area (Å²) in [5.41, 5.74) is 1.67. The highest BCUT2D eigenvalue weighted by Crippen LogP contribution is 2.22. The van der Waals surface area contributed by atoms with Gasteiger partial charge >= 0.3 is 5.97 Å². The average Bonchev–Trinajstić information content (AvgIpc) is 2.77. The lowest BCUT2D eigenvalue weighted by molar-refractivity contribution is -0.135. The molecule has 8 nitrogen and oxygen atoms in total. The molecule has 0 fully saturated rings. The Balaban J connectivity index is 1.68. The number of sulfonamides is 1. The molecule has 0 unspecified atom stereocenters. The van der Waals surface area contributed by atoms with Gasteiger partial charge in [0.15, 0.2) is 0 Å². The van der Waals surface area contributed by atoms with Crippen molar-refractivity contribution < 1.29 is 27.9 Å². The molecule has 0 aliphatic heterocycles. The summed E-state index contributed by atoms with van der Waals surface area (Å²) >= 11 is 0. The number of carbonyl (C=O) groups is 2. The van der Waals surface area contributed by atoms with Gasteiger partial charge in [-0.1, -0.05) is 42.5 Å². The van der Waals surface area contributed by atoms with Crippen LogP contribution < -0.4 is 14.8 Å². The van der Waals surface area contributed by atoms with E-state index in [0.717, 1.165) is 5.56 Å². The van der Waals surface area contributed by atoms with E-state index in [0.29, 0.717) is 23.6 Å². The SMILES string of the molecule is O=C(O)CNS(=O)(=O)c1ccc(NC(=O)c2ccccc2OCc2ccccc2)cc1. The van der Waals surface area contributed by atoms with Gasteiger partial charge in [0, 0.05) is 5.69 Å². The number of rotatable bonds is 9. The first-order valence-corrected chi connectivity index (χ1v) is 10.7. The van der Waals surface area contributed by atoms with Gasteiger partial charge in [-0.05, 0) is 42.0 Å². The number of benzene rings is 3. The largest absolute Gasteiger partial charge is 0.488 e. The Morgan fingerprint density at radius 1 is 0.871 bits per heavy atom. The zero-order chi connectivity index (χ0) is 22.3. The molecule has 0 bridgehead atoms. The van der Waals surface area contributed by atoms with Crippen LogP contribution in [0.5, 0.6) is 5.75 Å². The van der Waals surface area contributed by atoms with Crippen LogP contribution in [0.3, 0.4) is 0 Å². The van der Waals surface area contributed by atoms with Crippen molar-refractivity contribution in [2.75, 3.05) is 11.9 Å². The quantitative estimate of drug-likeness (QED) is 0.470. The molecule has 0 saturated carbocycles. The van der Waals surface area contributed by atoms with Crippen LogP contribution in [0.4, 0.5) is 5.69 Å². The fourth-order valence-electron chi connectivity index (χ4n) is 2.67. The summed E-state index contributed by atoms with van der Waals surface area (Å²) in [5.74, 6) is -1.29. The van der Waals surface area contributed by atoms with Crippen LogP contribution in [0, 0.1) is 0 Å². The second kappa shape index (κ2) is 9.88. The second-order valence-electron chi connectivity index (χ2n) is 6.47. The Bertz CT molecular complexity index is 1160. The Hall–Kier alpha value is -3.69. The molecular formula is C22H20N2O6S. The Labute approximate surface area is 179 Å². The number of carboxylic acids is 1. The smallest absolute Gasteiger partial charge is 0.318 e. The third-order valence-corrected chi connectivity index (χ3v) is 5.62. The number of para-hydroxylation sites is 1. The molecule has 0 aromatic heterocycles. The number of nitrogens with one attached hydrogen (secondary N) is 2. The van der Waals surface area contributed by atoms with Crippen LogP contribution in [0.25, 0.3) is 0 Å². The van der Waals surface area contributed by atoms with E-state index in [-0.39, 0.29) is 4.90 Å². The number of amides is 1. The van der Waals surface area contributed by atoms with Gasteiger partial charge in [0.2, 0.25) is 10.0 Å². The van der Waals surface area contributed by atoms with Gasteiger partial charge in [-0.25, -0.2) is 8.42 Å². The highest BCUT2D eigenvalue weighted by molar-refractivity contribution is 7.89. The van der Waals surface area contributed by atoms with E-state index < -0.39 is 28.4 Å². The van der Waals surface area contributed by atoms with Gasteiger partial charge < -0.3 is 15.2 Å². The molecule has 9 heteroatoms. The summed E-state index contributed by atoms with van der Waals surface area (Å²) in [4.78, 5) is 23.2. The highest BCUT2D eigenvalue weighted by atomic mass is 32.2. The van der Waals surface area contributed by atoms with E-state index in [1.165, 1.54) is 24.3 Å². The number of carbonyl (C=O) groups excluding carboxylic acids is 1. The van der Waals surface area contributed by atoms with E-state index in [2.05, 4.69) is 5.32 Å². The molecule has 0 aliphatic carbocycles. The minimum atomic E-state index is -3.96. The molecule has 0 radical (unpaired) electrons. The lowest BCUT2D eigenvalue weighted by Crippen LogP contribution is -2.29. The summed E-state index contributed by atoms with van der Waals surface area (Å²) in [6, 6.07) is 21.7. The molecule has 3 N–H and O–H groups in total. The van der Waals surface area contributed by atoms with Gasteiger partial charge in [0.25, 0.3) is 5.91 Å². The Morgan fingerprint density at radius 2 is 1.52 bits per heavy atom. The Morgan fingerprint density at radius 3 is 2.19 bits per heavy atom. The summed E-state index contributed by atoms with van der Waals surface area (Å²) in [5, 5.41) is 11.3. The molecule has 3 rings (SSSR count). The maximum absolute atomic E-state index is 12.7. The van der Waals surface area contributed by atoms with Gasteiger partial charge in [0.1, 0.15) is 18.9 Å². The van der Waals surface area contributed by atoms with Crippen molar-refractivity contribution in [1.29, 1.82) is 0 Å². The second-order valence-corrected chi connectivity index (χ2v) is 8.23. The lowest BCUT2D eigenvalue weighted by atomic mass is 10.1. The first-order chi connectivity index (χ1) is 14.8. The van der Waals surface area contributed by atoms with Crippen molar-refractivity contribution in [2.45, 2.75) is 11.5 Å². The number of carboxylic acid groups (broad SMARTS) is 1. The van der Waals surface area contributed by atoms with Crippen LogP contribution in [0.15, 0.2) is 83.8 Å².